The lowest BCUT2D eigenvalue weighted by atomic mass is 10.1. The summed E-state index contributed by atoms with van der Waals surface area (Å²) in [4.78, 5) is 16.1. The molecule has 0 atom stereocenters. The van der Waals surface area contributed by atoms with Crippen molar-refractivity contribution in [1.82, 2.24) is 24.6 Å². The second-order valence-electron chi connectivity index (χ2n) is 7.01. The molecule has 0 bridgehead atoms. The molecule has 5 heterocycles. The molecule has 0 aliphatic carbocycles. The summed E-state index contributed by atoms with van der Waals surface area (Å²) >= 11 is 0. The number of rotatable bonds is 3. The summed E-state index contributed by atoms with van der Waals surface area (Å²) in [5.74, 6) is 1.43. The van der Waals surface area contributed by atoms with Crippen LogP contribution in [0, 0.1) is 0 Å². The van der Waals surface area contributed by atoms with Crippen molar-refractivity contribution in [2.75, 3.05) is 23.7 Å². The lowest BCUT2D eigenvalue weighted by Gasteiger charge is -2.29. The average Bonchev–Trinajstić information content (AvgIpc) is 3.10. The van der Waals surface area contributed by atoms with E-state index >= 15 is 0 Å². The van der Waals surface area contributed by atoms with E-state index in [1.54, 1.807) is 10.7 Å². The van der Waals surface area contributed by atoms with Gasteiger partial charge in [-0.25, -0.2) is 14.5 Å². The second-order valence-corrected chi connectivity index (χ2v) is 7.01. The summed E-state index contributed by atoms with van der Waals surface area (Å²) in [5.41, 5.74) is 10.4. The van der Waals surface area contributed by atoms with Crippen LogP contribution in [0.3, 0.4) is 0 Å². The van der Waals surface area contributed by atoms with Crippen molar-refractivity contribution in [1.29, 1.82) is 0 Å². The van der Waals surface area contributed by atoms with Crippen molar-refractivity contribution in [2.24, 2.45) is 0 Å². The number of hydrogen-bond acceptors (Lipinski definition) is 6. The average molecular weight is 371 g/mol. The first-order chi connectivity index (χ1) is 13.8. The molecule has 0 radical (unpaired) electrons. The van der Waals surface area contributed by atoms with Crippen LogP contribution in [-0.2, 0) is 0 Å². The number of nitrogens with zero attached hydrogens (tertiary/aromatic N) is 6. The first kappa shape index (κ1) is 16.7. The number of piperidine rings is 1. The van der Waals surface area contributed by atoms with Crippen LogP contribution >= 0.6 is 0 Å². The van der Waals surface area contributed by atoms with E-state index < -0.39 is 0 Å². The molecule has 0 unspecified atom stereocenters. The Kier molecular flexibility index (Phi) is 4.12. The molecule has 7 heteroatoms. The van der Waals surface area contributed by atoms with Crippen LogP contribution < -0.4 is 10.6 Å². The number of pyridine rings is 2. The summed E-state index contributed by atoms with van der Waals surface area (Å²) in [7, 11) is 0. The lowest BCUT2D eigenvalue weighted by molar-refractivity contribution is 0.574. The molecular weight excluding hydrogens is 350 g/mol. The van der Waals surface area contributed by atoms with Crippen LogP contribution in [0.1, 0.15) is 19.3 Å². The Morgan fingerprint density at radius 2 is 1.75 bits per heavy atom. The summed E-state index contributed by atoms with van der Waals surface area (Å²) in [6.07, 6.45) is 11.1. The maximum absolute atomic E-state index is 6.19. The molecule has 0 spiro atoms. The normalized spacial score (nSPS) is 14.5. The molecule has 0 aromatic carbocycles. The highest BCUT2D eigenvalue weighted by Gasteiger charge is 2.19. The Hall–Kier alpha value is -3.48. The van der Waals surface area contributed by atoms with Gasteiger partial charge in [0.15, 0.2) is 11.5 Å². The number of fused-ring (bicyclic) bond motifs is 1. The van der Waals surface area contributed by atoms with E-state index in [1.165, 1.54) is 19.3 Å². The minimum absolute atomic E-state index is 0.422. The standard InChI is InChI=1S/C21H21N7/c22-19-18(17-8-2-3-9-23-17)21-25-13-15(14-28(21)26-19)16-7-6-10-24-20(16)27-11-4-1-5-12-27/h2-3,6-10,13-14H,1,4-5,11-12H2,(H2,22,26). The molecule has 4 aromatic rings. The highest BCUT2D eigenvalue weighted by atomic mass is 15.3. The predicted molar refractivity (Wildman–Crippen MR) is 110 cm³/mol. The fraction of sp³-hybridized carbons (Fsp3) is 0.238. The molecule has 1 fully saturated rings. The summed E-state index contributed by atoms with van der Waals surface area (Å²) in [6, 6.07) is 9.77. The van der Waals surface area contributed by atoms with Crippen LogP contribution in [0.15, 0.2) is 55.1 Å². The van der Waals surface area contributed by atoms with Gasteiger partial charge in [0.05, 0.1) is 11.3 Å². The van der Waals surface area contributed by atoms with Gasteiger partial charge in [-0.2, -0.15) is 0 Å². The van der Waals surface area contributed by atoms with Crippen LogP contribution in [0.5, 0.6) is 0 Å². The zero-order valence-electron chi connectivity index (χ0n) is 15.5. The Balaban J connectivity index is 1.61. The molecule has 1 aliphatic rings. The van der Waals surface area contributed by atoms with E-state index in [4.69, 9.17) is 5.73 Å². The van der Waals surface area contributed by atoms with Gasteiger partial charge in [0.25, 0.3) is 0 Å². The lowest BCUT2D eigenvalue weighted by Crippen LogP contribution is -2.30. The number of anilines is 2. The van der Waals surface area contributed by atoms with E-state index in [9.17, 15) is 0 Å². The van der Waals surface area contributed by atoms with E-state index in [0.29, 0.717) is 11.5 Å². The number of nitrogen functional groups attached to an aromatic ring is 1. The SMILES string of the molecule is Nc1nn2cc(-c3cccnc3N3CCCCC3)cnc2c1-c1ccccn1. The van der Waals surface area contributed by atoms with E-state index in [-0.39, 0.29) is 0 Å². The molecule has 140 valence electrons. The minimum atomic E-state index is 0.422. The van der Waals surface area contributed by atoms with Gasteiger partial charge in [0.2, 0.25) is 0 Å². The first-order valence-electron chi connectivity index (χ1n) is 9.57. The smallest absolute Gasteiger partial charge is 0.166 e. The van der Waals surface area contributed by atoms with Gasteiger partial charge in [0.1, 0.15) is 5.82 Å². The summed E-state index contributed by atoms with van der Waals surface area (Å²) in [6.45, 7) is 2.08. The van der Waals surface area contributed by atoms with Crippen molar-refractivity contribution < 1.29 is 0 Å². The monoisotopic (exact) mass is 371 g/mol. The third kappa shape index (κ3) is 2.85. The predicted octanol–water partition coefficient (Wildman–Crippen LogP) is 3.43. The van der Waals surface area contributed by atoms with Gasteiger partial charge >= 0.3 is 0 Å². The molecule has 4 aromatic heterocycles. The fourth-order valence-corrected chi connectivity index (χ4v) is 3.83. The zero-order valence-corrected chi connectivity index (χ0v) is 15.5. The molecule has 2 N–H and O–H groups in total. The van der Waals surface area contributed by atoms with Gasteiger partial charge in [-0.3, -0.25) is 4.98 Å². The molecule has 1 aliphatic heterocycles. The highest BCUT2D eigenvalue weighted by Crippen LogP contribution is 2.32. The maximum atomic E-state index is 6.19. The number of nitrogens with two attached hydrogens (primary N) is 1. The third-order valence-electron chi connectivity index (χ3n) is 5.17. The van der Waals surface area contributed by atoms with Crippen LogP contribution in [0.2, 0.25) is 0 Å². The quantitative estimate of drug-likeness (QED) is 0.594. The van der Waals surface area contributed by atoms with Gasteiger partial charge < -0.3 is 10.6 Å². The molecule has 7 nitrogen and oxygen atoms in total. The van der Waals surface area contributed by atoms with E-state index in [2.05, 4.69) is 31.0 Å². The molecule has 0 amide bonds. The number of aromatic nitrogens is 5. The van der Waals surface area contributed by atoms with Gasteiger partial charge in [0, 0.05) is 49.0 Å². The van der Waals surface area contributed by atoms with Crippen molar-refractivity contribution in [3.05, 3.63) is 55.1 Å². The summed E-state index contributed by atoms with van der Waals surface area (Å²) < 4.78 is 1.74. The van der Waals surface area contributed by atoms with Gasteiger partial charge in [-0.15, -0.1) is 5.10 Å². The van der Waals surface area contributed by atoms with Crippen molar-refractivity contribution in [3.8, 4) is 22.4 Å². The van der Waals surface area contributed by atoms with Crippen molar-refractivity contribution in [3.63, 3.8) is 0 Å². The van der Waals surface area contributed by atoms with Crippen LogP contribution in [0.4, 0.5) is 11.6 Å². The largest absolute Gasteiger partial charge is 0.382 e. The molecular formula is C21H21N7. The number of hydrogen-bond donors (Lipinski definition) is 1. The Labute approximate surface area is 162 Å². The second kappa shape index (κ2) is 6.92. The van der Waals surface area contributed by atoms with Crippen LogP contribution in [0.25, 0.3) is 28.0 Å². The Bertz CT molecular complexity index is 1110. The van der Waals surface area contributed by atoms with Crippen molar-refractivity contribution >= 4 is 17.3 Å². The van der Waals surface area contributed by atoms with Gasteiger partial charge in [-0.05, 0) is 43.5 Å². The molecule has 0 saturated carbocycles. The Morgan fingerprint density at radius 3 is 2.57 bits per heavy atom. The first-order valence-corrected chi connectivity index (χ1v) is 9.57. The molecule has 28 heavy (non-hydrogen) atoms. The maximum Gasteiger partial charge on any atom is 0.166 e. The van der Waals surface area contributed by atoms with E-state index in [1.807, 2.05) is 42.9 Å². The minimum Gasteiger partial charge on any atom is -0.382 e. The highest BCUT2D eigenvalue weighted by molar-refractivity contribution is 5.85. The Morgan fingerprint density at radius 1 is 0.893 bits per heavy atom. The molecule has 5 rings (SSSR count). The fourth-order valence-electron chi connectivity index (χ4n) is 3.83. The third-order valence-corrected chi connectivity index (χ3v) is 5.17. The topological polar surface area (TPSA) is 85.2 Å². The zero-order chi connectivity index (χ0) is 18.9. The molecule has 1 saturated heterocycles. The van der Waals surface area contributed by atoms with Crippen LogP contribution in [-0.4, -0.2) is 37.7 Å². The van der Waals surface area contributed by atoms with E-state index in [0.717, 1.165) is 41.3 Å². The summed E-state index contributed by atoms with van der Waals surface area (Å²) in [5, 5.41) is 4.48. The van der Waals surface area contributed by atoms with Crippen molar-refractivity contribution in [2.45, 2.75) is 19.3 Å². The van der Waals surface area contributed by atoms with Gasteiger partial charge in [-0.1, -0.05) is 6.07 Å².